The zero-order chi connectivity index (χ0) is 15.2. The molecule has 0 aliphatic carbocycles. The molecule has 0 spiro atoms. The quantitative estimate of drug-likeness (QED) is 0.913. The fraction of sp³-hybridized carbons (Fsp3) is 0.353. The van der Waals surface area contributed by atoms with Crippen LogP contribution < -0.4 is 5.32 Å². The molecule has 0 fully saturated rings. The molecule has 0 unspecified atom stereocenters. The topological polar surface area (TPSA) is 61.6 Å². The van der Waals surface area contributed by atoms with Crippen molar-refractivity contribution in [2.75, 3.05) is 11.9 Å². The summed E-state index contributed by atoms with van der Waals surface area (Å²) in [5, 5.41) is 20.6. The van der Waals surface area contributed by atoms with Gasteiger partial charge in [0.15, 0.2) is 5.82 Å². The molecule has 0 radical (unpaired) electrons. The lowest BCUT2D eigenvalue weighted by Crippen LogP contribution is -2.10. The molecule has 1 heterocycles. The lowest BCUT2D eigenvalue weighted by molar-refractivity contribution is 0.927. The van der Waals surface area contributed by atoms with Gasteiger partial charge < -0.3 is 5.32 Å². The molecular weight excluding hydrogens is 260 g/mol. The third-order valence-corrected chi connectivity index (χ3v) is 3.70. The Labute approximate surface area is 125 Å². The van der Waals surface area contributed by atoms with E-state index in [2.05, 4.69) is 52.8 Å². The van der Waals surface area contributed by atoms with Crippen molar-refractivity contribution >= 4 is 5.82 Å². The number of aromatic nitrogens is 2. The number of anilines is 1. The van der Waals surface area contributed by atoms with Gasteiger partial charge in [0, 0.05) is 6.54 Å². The Morgan fingerprint density at radius 3 is 2.38 bits per heavy atom. The van der Waals surface area contributed by atoms with Gasteiger partial charge >= 0.3 is 0 Å². The number of benzene rings is 1. The second-order valence-electron chi connectivity index (χ2n) is 5.09. The molecule has 0 amide bonds. The highest BCUT2D eigenvalue weighted by molar-refractivity contribution is 5.55. The van der Waals surface area contributed by atoms with Crippen LogP contribution in [0.5, 0.6) is 0 Å². The van der Waals surface area contributed by atoms with Crippen LogP contribution in [0, 0.1) is 25.2 Å². The highest BCUT2D eigenvalue weighted by Crippen LogP contribution is 2.17. The van der Waals surface area contributed by atoms with E-state index >= 15 is 0 Å². The first-order valence-corrected chi connectivity index (χ1v) is 7.21. The van der Waals surface area contributed by atoms with E-state index in [4.69, 9.17) is 0 Å². The van der Waals surface area contributed by atoms with E-state index in [-0.39, 0.29) is 0 Å². The predicted octanol–water partition coefficient (Wildman–Crippen LogP) is 3.18. The molecule has 0 bridgehead atoms. The van der Waals surface area contributed by atoms with Crippen LogP contribution >= 0.6 is 0 Å². The van der Waals surface area contributed by atoms with E-state index in [1.165, 1.54) is 11.1 Å². The Kier molecular flexibility index (Phi) is 4.89. The Balaban J connectivity index is 2.00. The number of nitriles is 1. The van der Waals surface area contributed by atoms with Gasteiger partial charge in [-0.2, -0.15) is 10.4 Å². The van der Waals surface area contributed by atoms with Crippen LogP contribution in [0.1, 0.15) is 34.9 Å². The minimum absolute atomic E-state index is 0.575. The van der Waals surface area contributed by atoms with Gasteiger partial charge in [0.1, 0.15) is 11.6 Å². The van der Waals surface area contributed by atoms with E-state index in [0.29, 0.717) is 11.4 Å². The molecule has 0 atom stereocenters. The SMILES string of the molecule is CCc1ccc(CCNc2nnc(C)c(C)c2C#N)cc1. The summed E-state index contributed by atoms with van der Waals surface area (Å²) in [7, 11) is 0. The van der Waals surface area contributed by atoms with Crippen LogP contribution in [-0.4, -0.2) is 16.7 Å². The molecular formula is C17H20N4. The standard InChI is InChI=1S/C17H20N4/c1-4-14-5-7-15(8-6-14)9-10-19-17-16(11-18)12(2)13(3)20-21-17/h5-8H,4,9-10H2,1-3H3,(H,19,21). The van der Waals surface area contributed by atoms with E-state index < -0.39 is 0 Å². The van der Waals surface area contributed by atoms with Gasteiger partial charge in [-0.25, -0.2) is 0 Å². The minimum Gasteiger partial charge on any atom is -0.367 e. The highest BCUT2D eigenvalue weighted by Gasteiger charge is 2.09. The van der Waals surface area contributed by atoms with Gasteiger partial charge in [0.25, 0.3) is 0 Å². The molecule has 0 aliphatic heterocycles. The van der Waals surface area contributed by atoms with Gasteiger partial charge in [-0.05, 0) is 43.4 Å². The van der Waals surface area contributed by atoms with E-state index in [1.807, 2.05) is 13.8 Å². The summed E-state index contributed by atoms with van der Waals surface area (Å²) in [5.74, 6) is 0.575. The first-order chi connectivity index (χ1) is 10.2. The van der Waals surface area contributed by atoms with Crippen LogP contribution in [-0.2, 0) is 12.8 Å². The van der Waals surface area contributed by atoms with E-state index in [0.717, 1.165) is 30.6 Å². The number of rotatable bonds is 5. The fourth-order valence-electron chi connectivity index (χ4n) is 2.14. The van der Waals surface area contributed by atoms with Crippen molar-refractivity contribution in [2.45, 2.75) is 33.6 Å². The molecule has 108 valence electrons. The molecule has 1 N–H and O–H groups in total. The molecule has 0 saturated carbocycles. The number of nitrogens with zero attached hydrogens (tertiary/aromatic N) is 3. The average molecular weight is 280 g/mol. The van der Waals surface area contributed by atoms with E-state index in [1.54, 1.807) is 0 Å². The molecule has 1 aromatic heterocycles. The van der Waals surface area contributed by atoms with Gasteiger partial charge in [-0.1, -0.05) is 31.2 Å². The Hall–Kier alpha value is -2.41. The fourth-order valence-corrected chi connectivity index (χ4v) is 2.14. The lowest BCUT2D eigenvalue weighted by atomic mass is 10.1. The average Bonchev–Trinajstić information content (AvgIpc) is 2.51. The summed E-state index contributed by atoms with van der Waals surface area (Å²) in [6.07, 6.45) is 1.95. The van der Waals surface area contributed by atoms with Crippen LogP contribution in [0.3, 0.4) is 0 Å². The summed E-state index contributed by atoms with van der Waals surface area (Å²) in [4.78, 5) is 0. The Bertz CT molecular complexity index is 654. The first kappa shape index (κ1) is 15.0. The number of hydrogen-bond acceptors (Lipinski definition) is 4. The van der Waals surface area contributed by atoms with Crippen LogP contribution in [0.25, 0.3) is 0 Å². The molecule has 0 saturated heterocycles. The molecule has 0 aliphatic rings. The molecule has 1 aromatic carbocycles. The van der Waals surface area contributed by atoms with Crippen LogP contribution in [0.15, 0.2) is 24.3 Å². The number of nitrogens with one attached hydrogen (secondary N) is 1. The second-order valence-corrected chi connectivity index (χ2v) is 5.09. The Morgan fingerprint density at radius 1 is 1.10 bits per heavy atom. The first-order valence-electron chi connectivity index (χ1n) is 7.21. The maximum atomic E-state index is 9.24. The zero-order valence-electron chi connectivity index (χ0n) is 12.8. The minimum atomic E-state index is 0.575. The maximum Gasteiger partial charge on any atom is 0.166 e. The van der Waals surface area contributed by atoms with Crippen molar-refractivity contribution in [3.05, 3.63) is 52.2 Å². The maximum absolute atomic E-state index is 9.24. The summed E-state index contributed by atoms with van der Waals surface area (Å²) in [5.41, 5.74) is 4.90. The third-order valence-electron chi connectivity index (χ3n) is 3.70. The predicted molar refractivity (Wildman–Crippen MR) is 84.2 cm³/mol. The Morgan fingerprint density at radius 2 is 1.76 bits per heavy atom. The molecule has 2 aromatic rings. The lowest BCUT2D eigenvalue weighted by Gasteiger charge is -2.09. The van der Waals surface area contributed by atoms with Crippen molar-refractivity contribution in [3.8, 4) is 6.07 Å². The van der Waals surface area contributed by atoms with Crippen molar-refractivity contribution in [2.24, 2.45) is 0 Å². The van der Waals surface area contributed by atoms with Crippen molar-refractivity contribution in [1.29, 1.82) is 5.26 Å². The molecule has 4 nitrogen and oxygen atoms in total. The van der Waals surface area contributed by atoms with Gasteiger partial charge in [-0.15, -0.1) is 5.10 Å². The number of hydrogen-bond donors (Lipinski definition) is 1. The van der Waals surface area contributed by atoms with Crippen LogP contribution in [0.4, 0.5) is 5.82 Å². The highest BCUT2D eigenvalue weighted by atomic mass is 15.2. The summed E-state index contributed by atoms with van der Waals surface area (Å²) < 4.78 is 0. The number of aryl methyl sites for hydroxylation is 2. The van der Waals surface area contributed by atoms with Crippen molar-refractivity contribution < 1.29 is 0 Å². The molecule has 21 heavy (non-hydrogen) atoms. The van der Waals surface area contributed by atoms with E-state index in [9.17, 15) is 5.26 Å². The van der Waals surface area contributed by atoms with Crippen LogP contribution in [0.2, 0.25) is 0 Å². The molecule has 4 heteroatoms. The largest absolute Gasteiger partial charge is 0.367 e. The van der Waals surface area contributed by atoms with Gasteiger partial charge in [0.05, 0.1) is 5.69 Å². The monoisotopic (exact) mass is 280 g/mol. The van der Waals surface area contributed by atoms with Gasteiger partial charge in [0.2, 0.25) is 0 Å². The van der Waals surface area contributed by atoms with Crippen molar-refractivity contribution in [1.82, 2.24) is 10.2 Å². The summed E-state index contributed by atoms with van der Waals surface area (Å²) >= 11 is 0. The zero-order valence-corrected chi connectivity index (χ0v) is 12.8. The third kappa shape index (κ3) is 3.57. The normalized spacial score (nSPS) is 10.2. The summed E-state index contributed by atoms with van der Waals surface area (Å²) in [6.45, 7) is 6.65. The van der Waals surface area contributed by atoms with Gasteiger partial charge in [-0.3, -0.25) is 0 Å². The summed E-state index contributed by atoms with van der Waals surface area (Å²) in [6, 6.07) is 10.8. The second kappa shape index (κ2) is 6.85. The van der Waals surface area contributed by atoms with Crippen molar-refractivity contribution in [3.63, 3.8) is 0 Å². The smallest absolute Gasteiger partial charge is 0.166 e. The molecule has 2 rings (SSSR count).